The van der Waals surface area contributed by atoms with Gasteiger partial charge in [-0.3, -0.25) is 4.90 Å². The van der Waals surface area contributed by atoms with Crippen LogP contribution in [-0.4, -0.2) is 59.0 Å². The van der Waals surface area contributed by atoms with Gasteiger partial charge in [-0.2, -0.15) is 0 Å². The molecule has 1 unspecified atom stereocenters. The van der Waals surface area contributed by atoms with Crippen molar-refractivity contribution in [2.45, 2.75) is 12.6 Å². The predicted octanol–water partition coefficient (Wildman–Crippen LogP) is -0.449. The smallest absolute Gasteiger partial charge is 0.142 e. The highest BCUT2D eigenvalue weighted by molar-refractivity contribution is 4.91. The lowest BCUT2D eigenvalue weighted by Crippen LogP contribution is -2.54. The van der Waals surface area contributed by atoms with Crippen molar-refractivity contribution >= 4 is 0 Å². The Morgan fingerprint density at radius 2 is 2.12 bits per heavy atom. The van der Waals surface area contributed by atoms with Gasteiger partial charge in [0.25, 0.3) is 0 Å². The monoisotopic (exact) mass is 221 g/mol. The van der Waals surface area contributed by atoms with Gasteiger partial charge in [0.15, 0.2) is 0 Å². The second kappa shape index (κ2) is 5.34. The van der Waals surface area contributed by atoms with Crippen molar-refractivity contribution in [3.05, 3.63) is 24.3 Å². The Labute approximate surface area is 96.3 Å². The van der Waals surface area contributed by atoms with Crippen LogP contribution in [0.2, 0.25) is 0 Å². The van der Waals surface area contributed by atoms with Crippen molar-refractivity contribution in [3.8, 4) is 0 Å². The average molecular weight is 221 g/mol. The summed E-state index contributed by atoms with van der Waals surface area (Å²) in [7, 11) is 2.14. The molecule has 5 heteroatoms. The Morgan fingerprint density at radius 1 is 1.38 bits per heavy atom. The van der Waals surface area contributed by atoms with Crippen molar-refractivity contribution in [3.63, 3.8) is 0 Å². The molecule has 0 aromatic carbocycles. The van der Waals surface area contributed by atoms with E-state index in [2.05, 4.69) is 26.8 Å². The van der Waals surface area contributed by atoms with Crippen LogP contribution in [0.15, 0.2) is 18.5 Å². The topological polar surface area (TPSA) is 58.3 Å². The molecule has 1 aromatic heterocycles. The largest absolute Gasteiger partial charge is 0.329 e. The molecule has 0 aliphatic carbocycles. The van der Waals surface area contributed by atoms with Crippen LogP contribution in [0.4, 0.5) is 0 Å². The van der Waals surface area contributed by atoms with Crippen LogP contribution in [-0.2, 0) is 6.54 Å². The molecular weight excluding hydrogens is 202 g/mol. The zero-order valence-electron chi connectivity index (χ0n) is 9.71. The summed E-state index contributed by atoms with van der Waals surface area (Å²) in [5.74, 6) is 0.880. The van der Waals surface area contributed by atoms with Gasteiger partial charge in [-0.25, -0.2) is 9.97 Å². The van der Waals surface area contributed by atoms with Gasteiger partial charge in [-0.15, -0.1) is 0 Å². The lowest BCUT2D eigenvalue weighted by atomic mass is 10.1. The predicted molar refractivity (Wildman–Crippen MR) is 62.8 cm³/mol. The molecule has 0 saturated carbocycles. The van der Waals surface area contributed by atoms with Gasteiger partial charge >= 0.3 is 0 Å². The van der Waals surface area contributed by atoms with Crippen LogP contribution in [0.5, 0.6) is 0 Å². The molecular formula is C11H19N5. The molecule has 1 aliphatic heterocycles. The number of aromatic nitrogens is 2. The summed E-state index contributed by atoms with van der Waals surface area (Å²) in [6.07, 6.45) is 3.58. The summed E-state index contributed by atoms with van der Waals surface area (Å²) in [6, 6.07) is 2.26. The van der Waals surface area contributed by atoms with Gasteiger partial charge in [0, 0.05) is 44.6 Å². The van der Waals surface area contributed by atoms with Crippen molar-refractivity contribution < 1.29 is 0 Å². The molecule has 1 aromatic rings. The van der Waals surface area contributed by atoms with Crippen LogP contribution >= 0.6 is 0 Å². The minimum atomic E-state index is 0.419. The SMILES string of the molecule is CN1CCN(Cc2ncccn2)C(CN)C1. The van der Waals surface area contributed by atoms with Crippen LogP contribution in [0.1, 0.15) is 5.82 Å². The average Bonchev–Trinajstić information content (AvgIpc) is 2.33. The summed E-state index contributed by atoms with van der Waals surface area (Å²) >= 11 is 0. The fraction of sp³-hybridized carbons (Fsp3) is 0.636. The number of nitrogens with zero attached hydrogens (tertiary/aromatic N) is 4. The molecule has 0 spiro atoms. The standard InChI is InChI=1S/C11H19N5/c1-15-5-6-16(10(7-12)8-15)9-11-13-3-2-4-14-11/h2-4,10H,5-9,12H2,1H3. The quantitative estimate of drug-likeness (QED) is 0.749. The maximum Gasteiger partial charge on any atom is 0.142 e. The van der Waals surface area contributed by atoms with Crippen molar-refractivity contribution in [1.29, 1.82) is 0 Å². The van der Waals surface area contributed by atoms with E-state index in [4.69, 9.17) is 5.73 Å². The van der Waals surface area contributed by atoms with Crippen LogP contribution in [0.25, 0.3) is 0 Å². The van der Waals surface area contributed by atoms with Gasteiger partial charge in [0.05, 0.1) is 6.54 Å². The molecule has 0 amide bonds. The third kappa shape index (κ3) is 2.75. The van der Waals surface area contributed by atoms with Crippen LogP contribution in [0.3, 0.4) is 0 Å². The first-order chi connectivity index (χ1) is 7.79. The Hall–Kier alpha value is -1.04. The van der Waals surface area contributed by atoms with E-state index in [0.717, 1.165) is 32.0 Å². The number of piperazine rings is 1. The summed E-state index contributed by atoms with van der Waals surface area (Å²) in [5.41, 5.74) is 5.80. The number of hydrogen-bond donors (Lipinski definition) is 1. The first-order valence-electron chi connectivity index (χ1n) is 5.68. The van der Waals surface area contributed by atoms with Gasteiger partial charge in [0.2, 0.25) is 0 Å². The summed E-state index contributed by atoms with van der Waals surface area (Å²) in [4.78, 5) is 13.2. The Balaban J connectivity index is 1.98. The second-order valence-corrected chi connectivity index (χ2v) is 4.29. The third-order valence-electron chi connectivity index (χ3n) is 3.04. The molecule has 1 saturated heterocycles. The lowest BCUT2D eigenvalue weighted by molar-refractivity contribution is 0.0858. The maximum absolute atomic E-state index is 5.80. The van der Waals surface area contributed by atoms with Gasteiger partial charge in [-0.05, 0) is 13.1 Å². The summed E-state index contributed by atoms with van der Waals surface area (Å²) < 4.78 is 0. The highest BCUT2D eigenvalue weighted by Gasteiger charge is 2.24. The van der Waals surface area contributed by atoms with Crippen molar-refractivity contribution in [1.82, 2.24) is 19.8 Å². The van der Waals surface area contributed by atoms with Gasteiger partial charge in [0.1, 0.15) is 5.82 Å². The number of rotatable bonds is 3. The number of nitrogens with two attached hydrogens (primary N) is 1. The van der Waals surface area contributed by atoms with Crippen molar-refractivity contribution in [2.75, 3.05) is 33.2 Å². The second-order valence-electron chi connectivity index (χ2n) is 4.29. The molecule has 0 bridgehead atoms. The van der Waals surface area contributed by atoms with Gasteiger partial charge in [-0.1, -0.05) is 0 Å². The summed E-state index contributed by atoms with van der Waals surface area (Å²) in [5, 5.41) is 0. The molecule has 0 radical (unpaired) electrons. The van der Waals surface area contributed by atoms with Crippen molar-refractivity contribution in [2.24, 2.45) is 5.73 Å². The van der Waals surface area contributed by atoms with Crippen LogP contribution in [0, 0.1) is 0 Å². The first-order valence-corrected chi connectivity index (χ1v) is 5.68. The highest BCUT2D eigenvalue weighted by Crippen LogP contribution is 2.09. The minimum absolute atomic E-state index is 0.419. The number of likely N-dealkylation sites (N-methyl/N-ethyl adjacent to an activating group) is 1. The zero-order chi connectivity index (χ0) is 11.4. The normalized spacial score (nSPS) is 23.5. The third-order valence-corrected chi connectivity index (χ3v) is 3.04. The number of hydrogen-bond acceptors (Lipinski definition) is 5. The fourth-order valence-electron chi connectivity index (χ4n) is 2.07. The molecule has 1 fully saturated rings. The first kappa shape index (κ1) is 11.4. The van der Waals surface area contributed by atoms with E-state index >= 15 is 0 Å². The zero-order valence-corrected chi connectivity index (χ0v) is 9.71. The van der Waals surface area contributed by atoms with E-state index in [0.29, 0.717) is 12.6 Å². The Morgan fingerprint density at radius 3 is 2.81 bits per heavy atom. The molecule has 88 valence electrons. The van der Waals surface area contributed by atoms with Gasteiger partial charge < -0.3 is 10.6 Å². The highest BCUT2D eigenvalue weighted by atomic mass is 15.3. The molecule has 2 rings (SSSR count). The molecule has 2 N–H and O–H groups in total. The Kier molecular flexibility index (Phi) is 3.82. The fourth-order valence-corrected chi connectivity index (χ4v) is 2.07. The van der Waals surface area contributed by atoms with E-state index in [1.54, 1.807) is 12.4 Å². The van der Waals surface area contributed by atoms with E-state index < -0.39 is 0 Å². The maximum atomic E-state index is 5.80. The van der Waals surface area contributed by atoms with Crippen LogP contribution < -0.4 is 5.73 Å². The molecule has 2 heterocycles. The van der Waals surface area contributed by atoms with E-state index in [1.165, 1.54) is 0 Å². The minimum Gasteiger partial charge on any atom is -0.329 e. The summed E-state index contributed by atoms with van der Waals surface area (Å²) in [6.45, 7) is 4.65. The molecule has 5 nitrogen and oxygen atoms in total. The lowest BCUT2D eigenvalue weighted by Gasteiger charge is -2.39. The molecule has 16 heavy (non-hydrogen) atoms. The van der Waals surface area contributed by atoms with E-state index in [9.17, 15) is 0 Å². The van der Waals surface area contributed by atoms with E-state index in [1.807, 2.05) is 6.07 Å². The van der Waals surface area contributed by atoms with E-state index in [-0.39, 0.29) is 0 Å². The Bertz CT molecular complexity index is 315. The molecule has 1 aliphatic rings. The molecule has 1 atom stereocenters.